The van der Waals surface area contributed by atoms with Crippen molar-refractivity contribution in [1.82, 2.24) is 0 Å². The Kier molecular flexibility index (Phi) is 6.93. The van der Waals surface area contributed by atoms with Crippen LogP contribution in [-0.2, 0) is 18.9 Å². The van der Waals surface area contributed by atoms with Gasteiger partial charge in [-0.2, -0.15) is 0 Å². The lowest BCUT2D eigenvalue weighted by molar-refractivity contribution is 0.0737. The van der Waals surface area contributed by atoms with Crippen LogP contribution >= 0.6 is 0 Å². The highest BCUT2D eigenvalue weighted by molar-refractivity contribution is 5.60. The molecule has 0 heterocycles. The Morgan fingerprint density at radius 1 is 1.14 bits per heavy atom. The molecular weight excluding hydrogens is 192 g/mol. The Morgan fingerprint density at radius 2 is 1.79 bits per heavy atom. The Hall–Kier alpha value is -1.72. The van der Waals surface area contributed by atoms with Gasteiger partial charge in [-0.05, 0) is 6.08 Å². The van der Waals surface area contributed by atoms with Gasteiger partial charge in [-0.25, -0.2) is 9.59 Å². The Balaban J connectivity index is 3.36. The van der Waals surface area contributed by atoms with Crippen molar-refractivity contribution in [2.45, 2.75) is 6.42 Å². The van der Waals surface area contributed by atoms with E-state index in [1.54, 1.807) is 0 Å². The molecule has 0 aliphatic carbocycles. The van der Waals surface area contributed by atoms with E-state index in [4.69, 9.17) is 0 Å². The number of carbonyl (C=O) groups excluding carboxylic acids is 2. The molecule has 0 aliphatic heterocycles. The van der Waals surface area contributed by atoms with Crippen LogP contribution in [0.2, 0.25) is 0 Å². The second kappa shape index (κ2) is 7.90. The van der Waals surface area contributed by atoms with Gasteiger partial charge < -0.3 is 18.9 Å². The van der Waals surface area contributed by atoms with Gasteiger partial charge in [0.05, 0.1) is 27.1 Å². The summed E-state index contributed by atoms with van der Waals surface area (Å²) in [6.45, 7) is 0.160. The molecule has 0 saturated carbocycles. The molecule has 6 nitrogen and oxygen atoms in total. The Morgan fingerprint density at radius 3 is 2.36 bits per heavy atom. The van der Waals surface area contributed by atoms with E-state index in [9.17, 15) is 9.59 Å². The van der Waals surface area contributed by atoms with Crippen LogP contribution in [0.25, 0.3) is 0 Å². The summed E-state index contributed by atoms with van der Waals surface area (Å²) in [5, 5.41) is 0. The molecule has 0 bridgehead atoms. The summed E-state index contributed by atoms with van der Waals surface area (Å²) in [6, 6.07) is 0. The van der Waals surface area contributed by atoms with Gasteiger partial charge in [0.2, 0.25) is 0 Å². The molecule has 0 aliphatic rings. The van der Waals surface area contributed by atoms with E-state index in [1.165, 1.54) is 20.3 Å². The number of methoxy groups -OCH3 is 2. The second-order valence-electron chi connectivity index (χ2n) is 2.04. The number of carbonyl (C=O) groups is 2. The fourth-order valence-electron chi connectivity index (χ4n) is 0.489. The first-order chi connectivity index (χ1) is 6.70. The van der Waals surface area contributed by atoms with Gasteiger partial charge in [0.25, 0.3) is 0 Å². The van der Waals surface area contributed by atoms with Crippen molar-refractivity contribution < 1.29 is 28.5 Å². The third-order valence-corrected chi connectivity index (χ3v) is 1.10. The van der Waals surface area contributed by atoms with E-state index in [1.807, 2.05) is 0 Å². The molecule has 14 heavy (non-hydrogen) atoms. The van der Waals surface area contributed by atoms with Crippen LogP contribution in [0.5, 0.6) is 0 Å². The molecule has 0 aromatic carbocycles. The quantitative estimate of drug-likeness (QED) is 0.392. The standard InChI is InChI=1S/C8H12O6/c1-11-7(9)13-5-3-4-6-14-8(10)12-2/h3,5H,4,6H2,1-2H3. The zero-order chi connectivity index (χ0) is 10.8. The van der Waals surface area contributed by atoms with Crippen LogP contribution in [0.3, 0.4) is 0 Å². The highest BCUT2D eigenvalue weighted by atomic mass is 16.7. The highest BCUT2D eigenvalue weighted by Crippen LogP contribution is 1.90. The normalized spacial score (nSPS) is 9.57. The zero-order valence-corrected chi connectivity index (χ0v) is 8.02. The van der Waals surface area contributed by atoms with Gasteiger partial charge in [-0.1, -0.05) is 0 Å². The number of hydrogen-bond acceptors (Lipinski definition) is 6. The van der Waals surface area contributed by atoms with Gasteiger partial charge in [-0.15, -0.1) is 0 Å². The first kappa shape index (κ1) is 12.3. The van der Waals surface area contributed by atoms with Crippen molar-refractivity contribution >= 4 is 12.3 Å². The highest BCUT2D eigenvalue weighted by Gasteiger charge is 1.97. The van der Waals surface area contributed by atoms with Crippen molar-refractivity contribution in [3.05, 3.63) is 12.3 Å². The molecule has 0 N–H and O–H groups in total. The van der Waals surface area contributed by atoms with Crippen molar-refractivity contribution in [2.24, 2.45) is 0 Å². The minimum Gasteiger partial charge on any atom is -0.438 e. The molecule has 0 fully saturated rings. The number of rotatable bonds is 4. The molecule has 0 unspecified atom stereocenters. The Bertz CT molecular complexity index is 210. The van der Waals surface area contributed by atoms with Crippen LogP contribution < -0.4 is 0 Å². The van der Waals surface area contributed by atoms with Gasteiger partial charge in [0.15, 0.2) is 0 Å². The fourth-order valence-corrected chi connectivity index (χ4v) is 0.489. The molecule has 0 rings (SSSR count). The molecule has 80 valence electrons. The first-order valence-corrected chi connectivity index (χ1v) is 3.81. The molecular formula is C8H12O6. The largest absolute Gasteiger partial charge is 0.512 e. The van der Waals surface area contributed by atoms with Crippen molar-refractivity contribution in [2.75, 3.05) is 20.8 Å². The van der Waals surface area contributed by atoms with E-state index in [-0.39, 0.29) is 6.61 Å². The minimum atomic E-state index is -0.796. The molecule has 0 aromatic rings. The van der Waals surface area contributed by atoms with Crippen LogP contribution in [0.15, 0.2) is 12.3 Å². The van der Waals surface area contributed by atoms with Crippen LogP contribution in [-0.4, -0.2) is 33.1 Å². The summed E-state index contributed by atoms with van der Waals surface area (Å²) in [7, 11) is 2.43. The maximum absolute atomic E-state index is 10.4. The summed E-state index contributed by atoms with van der Waals surface area (Å²) in [5.41, 5.74) is 0. The summed E-state index contributed by atoms with van der Waals surface area (Å²) >= 11 is 0. The number of ether oxygens (including phenoxy) is 4. The number of hydrogen-bond donors (Lipinski definition) is 0. The lowest BCUT2D eigenvalue weighted by Gasteiger charge is -1.99. The predicted molar refractivity (Wildman–Crippen MR) is 45.6 cm³/mol. The monoisotopic (exact) mass is 204 g/mol. The summed E-state index contributed by atoms with van der Waals surface area (Å²) < 4.78 is 17.4. The zero-order valence-electron chi connectivity index (χ0n) is 8.02. The van der Waals surface area contributed by atoms with E-state index in [0.29, 0.717) is 6.42 Å². The fraction of sp³-hybridized carbons (Fsp3) is 0.500. The second-order valence-corrected chi connectivity index (χ2v) is 2.04. The summed E-state index contributed by atoms with van der Waals surface area (Å²) in [6.07, 6.45) is 1.56. The third-order valence-electron chi connectivity index (χ3n) is 1.10. The average Bonchev–Trinajstić information content (AvgIpc) is 2.22. The van der Waals surface area contributed by atoms with E-state index < -0.39 is 12.3 Å². The van der Waals surface area contributed by atoms with Crippen LogP contribution in [0, 0.1) is 0 Å². The summed E-state index contributed by atoms with van der Waals surface area (Å²) in [5.74, 6) is 0. The Labute approximate surface area is 81.4 Å². The van der Waals surface area contributed by atoms with Gasteiger partial charge in [0.1, 0.15) is 0 Å². The smallest absolute Gasteiger partial charge is 0.438 e. The van der Waals surface area contributed by atoms with Gasteiger partial charge >= 0.3 is 12.3 Å². The van der Waals surface area contributed by atoms with E-state index in [0.717, 1.165) is 6.26 Å². The van der Waals surface area contributed by atoms with Crippen molar-refractivity contribution in [3.63, 3.8) is 0 Å². The topological polar surface area (TPSA) is 71.1 Å². The third kappa shape index (κ3) is 6.96. The molecule has 0 saturated heterocycles. The van der Waals surface area contributed by atoms with Crippen LogP contribution in [0.4, 0.5) is 9.59 Å². The van der Waals surface area contributed by atoms with Gasteiger partial charge in [-0.3, -0.25) is 0 Å². The van der Waals surface area contributed by atoms with Crippen molar-refractivity contribution in [1.29, 1.82) is 0 Å². The average molecular weight is 204 g/mol. The lowest BCUT2D eigenvalue weighted by Crippen LogP contribution is -2.04. The van der Waals surface area contributed by atoms with Crippen molar-refractivity contribution in [3.8, 4) is 0 Å². The summed E-state index contributed by atoms with van der Waals surface area (Å²) in [4.78, 5) is 20.8. The van der Waals surface area contributed by atoms with Gasteiger partial charge in [0, 0.05) is 6.42 Å². The molecule has 6 heteroatoms. The maximum Gasteiger partial charge on any atom is 0.512 e. The molecule has 0 aromatic heterocycles. The molecule has 0 amide bonds. The van der Waals surface area contributed by atoms with Crippen LogP contribution in [0.1, 0.15) is 6.42 Å². The molecule has 0 atom stereocenters. The predicted octanol–water partition coefficient (Wildman–Crippen LogP) is 1.46. The molecule has 0 spiro atoms. The van der Waals surface area contributed by atoms with E-state index >= 15 is 0 Å². The molecule has 0 radical (unpaired) electrons. The lowest BCUT2D eigenvalue weighted by atomic mass is 10.4. The van der Waals surface area contributed by atoms with E-state index in [2.05, 4.69) is 18.9 Å². The first-order valence-electron chi connectivity index (χ1n) is 3.81. The SMILES string of the molecule is COC(=O)OC=CCCOC(=O)OC. The minimum absolute atomic E-state index is 0.160. The maximum atomic E-state index is 10.4.